The summed E-state index contributed by atoms with van der Waals surface area (Å²) >= 11 is 4.62. The number of aliphatic carboxylic acids is 3. The predicted octanol–water partition coefficient (Wildman–Crippen LogP) is 0.485. The number of nitrogens with zero attached hydrogens (tertiary/aromatic N) is 5. The molecule has 1 saturated heterocycles. The fourth-order valence-corrected chi connectivity index (χ4v) is 4.29. The zero-order valence-corrected chi connectivity index (χ0v) is 21.0. The second-order valence-corrected chi connectivity index (χ2v) is 8.84. The zero-order valence-electron chi connectivity index (χ0n) is 20.2. The number of aliphatic imine (C=N–C) groups is 1. The third-order valence-corrected chi connectivity index (χ3v) is 6.06. The Morgan fingerprint density at radius 2 is 1.35 bits per heavy atom. The maximum absolute atomic E-state index is 11.7. The van der Waals surface area contributed by atoms with Crippen molar-refractivity contribution in [3.05, 3.63) is 29.8 Å². The Labute approximate surface area is 219 Å². The largest absolute Gasteiger partial charge is 0.480 e. The van der Waals surface area contributed by atoms with E-state index in [9.17, 15) is 39.6 Å². The van der Waals surface area contributed by atoms with Gasteiger partial charge >= 0.3 is 24.0 Å². The minimum Gasteiger partial charge on any atom is -0.480 e. The van der Waals surface area contributed by atoms with Crippen LogP contribution in [0.3, 0.4) is 0 Å². The molecule has 202 valence electrons. The van der Waals surface area contributed by atoms with E-state index < -0.39 is 30.0 Å². The first-order chi connectivity index (χ1) is 17.6. The van der Waals surface area contributed by atoms with Crippen molar-refractivity contribution in [3.8, 4) is 0 Å². The Kier molecular flexibility index (Phi) is 12.1. The van der Waals surface area contributed by atoms with Gasteiger partial charge in [-0.1, -0.05) is 12.1 Å². The summed E-state index contributed by atoms with van der Waals surface area (Å²) in [4.78, 5) is 56.3. The average molecular weight is 538 g/mol. The van der Waals surface area contributed by atoms with E-state index in [1.54, 1.807) is 26.8 Å². The van der Waals surface area contributed by atoms with Crippen LogP contribution in [0.1, 0.15) is 5.56 Å². The Hall–Kier alpha value is -3.42. The number of hydrogen-bond acceptors (Lipinski definition) is 9. The van der Waals surface area contributed by atoms with Gasteiger partial charge in [0.15, 0.2) is 0 Å². The second-order valence-electron chi connectivity index (χ2n) is 8.66. The van der Waals surface area contributed by atoms with Crippen molar-refractivity contribution in [2.24, 2.45) is 4.99 Å². The predicted molar refractivity (Wildman–Crippen MR) is 136 cm³/mol. The quantitative estimate of drug-likeness (QED) is 0.254. The number of rotatable bonds is 9. The summed E-state index contributed by atoms with van der Waals surface area (Å²) in [5, 5.41) is 40.2. The Bertz CT molecular complexity index is 1000. The molecule has 0 bridgehead atoms. The molecule has 0 saturated carbocycles. The third kappa shape index (κ3) is 11.0. The molecule has 1 atom stereocenters. The van der Waals surface area contributed by atoms with Crippen molar-refractivity contribution in [2.75, 3.05) is 65.4 Å². The van der Waals surface area contributed by atoms with E-state index in [1.807, 2.05) is 12.1 Å². The summed E-state index contributed by atoms with van der Waals surface area (Å²) in [6.45, 7) is -0.197. The van der Waals surface area contributed by atoms with Gasteiger partial charge in [0.2, 0.25) is 0 Å². The summed E-state index contributed by atoms with van der Waals surface area (Å²) in [6.07, 6.45) is -0.822. The lowest BCUT2D eigenvalue weighted by Crippen LogP contribution is -2.53. The molecule has 1 aliphatic rings. The molecule has 13 nitrogen and oxygen atoms in total. The number of hydrogen-bond donors (Lipinski definition) is 4. The maximum Gasteiger partial charge on any atom is 0.407 e. The molecule has 1 amide bonds. The normalized spacial score (nSPS) is 18.7. The first kappa shape index (κ1) is 29.8. The van der Waals surface area contributed by atoms with E-state index in [1.165, 1.54) is 0 Å². The molecule has 1 fully saturated rings. The van der Waals surface area contributed by atoms with Crippen LogP contribution in [0.2, 0.25) is 0 Å². The van der Waals surface area contributed by atoms with Gasteiger partial charge in [-0.15, -0.1) is 0 Å². The number of benzene rings is 1. The van der Waals surface area contributed by atoms with Crippen molar-refractivity contribution in [2.45, 2.75) is 12.5 Å². The Morgan fingerprint density at radius 3 is 1.89 bits per heavy atom. The lowest BCUT2D eigenvalue weighted by atomic mass is 10.0. The van der Waals surface area contributed by atoms with Crippen LogP contribution in [-0.2, 0) is 20.8 Å². The monoisotopic (exact) mass is 537 g/mol. The number of thiocarbonyl (C=S) groups is 1. The molecule has 0 aromatic heterocycles. The highest BCUT2D eigenvalue weighted by atomic mass is 32.1. The van der Waals surface area contributed by atoms with E-state index in [4.69, 9.17) is 0 Å². The minimum atomic E-state index is -1.19. The highest BCUT2D eigenvalue weighted by Crippen LogP contribution is 2.17. The highest BCUT2D eigenvalue weighted by Gasteiger charge is 2.27. The lowest BCUT2D eigenvalue weighted by molar-refractivity contribution is -0.141. The van der Waals surface area contributed by atoms with Crippen LogP contribution in [0.25, 0.3) is 0 Å². The second kappa shape index (κ2) is 15.0. The van der Waals surface area contributed by atoms with Crippen molar-refractivity contribution in [1.82, 2.24) is 19.6 Å². The smallest absolute Gasteiger partial charge is 0.407 e. The maximum atomic E-state index is 11.7. The van der Waals surface area contributed by atoms with Crippen LogP contribution >= 0.6 is 12.2 Å². The molecule has 1 aromatic carbocycles. The summed E-state index contributed by atoms with van der Waals surface area (Å²) in [6, 6.07) is 6.63. The molecule has 1 heterocycles. The van der Waals surface area contributed by atoms with Crippen molar-refractivity contribution in [3.63, 3.8) is 0 Å². The fraction of sp³-hybridized carbons (Fsp3) is 0.522. The summed E-state index contributed by atoms with van der Waals surface area (Å²) < 4.78 is 0. The highest BCUT2D eigenvalue weighted by molar-refractivity contribution is 7.78. The zero-order chi connectivity index (χ0) is 27.4. The molecule has 1 aliphatic heterocycles. The van der Waals surface area contributed by atoms with Crippen molar-refractivity contribution < 1.29 is 39.6 Å². The van der Waals surface area contributed by atoms with E-state index in [0.717, 1.165) is 10.5 Å². The molecule has 4 N–H and O–H groups in total. The van der Waals surface area contributed by atoms with Gasteiger partial charge < -0.3 is 25.3 Å². The Morgan fingerprint density at radius 1 is 0.811 bits per heavy atom. The Balaban J connectivity index is 2.41. The van der Waals surface area contributed by atoms with Gasteiger partial charge in [-0.3, -0.25) is 29.1 Å². The molecule has 0 spiro atoms. The summed E-state index contributed by atoms with van der Waals surface area (Å²) in [5.41, 5.74) is 1.45. The van der Waals surface area contributed by atoms with Gasteiger partial charge in [0.25, 0.3) is 0 Å². The van der Waals surface area contributed by atoms with Crippen LogP contribution in [0, 0.1) is 0 Å². The molecule has 37 heavy (non-hydrogen) atoms. The topological polar surface area (TPSA) is 175 Å². The molecule has 2 rings (SSSR count). The van der Waals surface area contributed by atoms with Crippen LogP contribution in [0.5, 0.6) is 0 Å². The van der Waals surface area contributed by atoms with Crippen LogP contribution in [0.4, 0.5) is 10.5 Å². The van der Waals surface area contributed by atoms with E-state index in [0.29, 0.717) is 12.1 Å². The van der Waals surface area contributed by atoms with Gasteiger partial charge in [-0.25, -0.2) is 4.79 Å². The standard InChI is InChI=1S/C23H31N5O8S/c29-20(30)13-25-5-8-27(23(35)36)9-7-26(14-21(31)32)12-19(28(10-6-25)15-22(33)34)11-17-1-3-18(4-2-17)24-16-37/h1-4,19H,5-15H2,(H,29,30)(H,31,32)(H,33,34)(H,35,36). The van der Waals surface area contributed by atoms with Crippen molar-refractivity contribution >= 4 is 47.1 Å². The molecular weight excluding hydrogens is 506 g/mol. The molecule has 1 unspecified atom stereocenters. The first-order valence-electron chi connectivity index (χ1n) is 11.6. The van der Waals surface area contributed by atoms with Gasteiger partial charge in [0.1, 0.15) is 0 Å². The first-order valence-corrected chi connectivity index (χ1v) is 12.0. The van der Waals surface area contributed by atoms with E-state index in [2.05, 4.69) is 22.4 Å². The van der Waals surface area contributed by atoms with Gasteiger partial charge in [0, 0.05) is 51.9 Å². The average Bonchev–Trinajstić information content (AvgIpc) is 2.80. The molecule has 0 aliphatic carbocycles. The number of carbonyl (C=O) groups is 4. The number of amides is 1. The number of carboxylic acid groups (broad SMARTS) is 4. The fourth-order valence-electron chi connectivity index (χ4n) is 4.19. The number of carboxylic acids is 3. The van der Waals surface area contributed by atoms with Gasteiger partial charge in [-0.05, 0) is 36.3 Å². The number of isothiocyanates is 1. The van der Waals surface area contributed by atoms with Crippen LogP contribution in [-0.4, -0.2) is 141 Å². The minimum absolute atomic E-state index is 0.0133. The van der Waals surface area contributed by atoms with E-state index >= 15 is 0 Å². The molecular formula is C23H31N5O8S. The molecule has 14 heteroatoms. The summed E-state index contributed by atoms with van der Waals surface area (Å²) in [5.74, 6) is -3.25. The molecule has 1 aromatic rings. The van der Waals surface area contributed by atoms with E-state index in [-0.39, 0.29) is 65.4 Å². The SMILES string of the molecule is O=C(O)CN1CCN(C(=O)O)CCN(CC(=O)O)CC(Cc2ccc(N=C=S)cc2)N(CC(=O)O)CC1. The summed E-state index contributed by atoms with van der Waals surface area (Å²) in [7, 11) is 0. The third-order valence-electron chi connectivity index (χ3n) is 5.97. The van der Waals surface area contributed by atoms with Gasteiger partial charge in [-0.2, -0.15) is 4.99 Å². The van der Waals surface area contributed by atoms with Crippen LogP contribution < -0.4 is 0 Å². The lowest BCUT2D eigenvalue weighted by Gasteiger charge is -2.37. The van der Waals surface area contributed by atoms with Crippen molar-refractivity contribution in [1.29, 1.82) is 0 Å². The van der Waals surface area contributed by atoms with Crippen LogP contribution in [0.15, 0.2) is 29.3 Å². The van der Waals surface area contributed by atoms with Gasteiger partial charge in [0.05, 0.1) is 30.5 Å². The molecule has 0 radical (unpaired) electrons.